The fraction of sp³-hybridized carbons (Fsp3) is 0.192. The zero-order valence-corrected chi connectivity index (χ0v) is 20.2. The molecule has 5 rings (SSSR count). The number of piperazine rings is 1. The predicted molar refractivity (Wildman–Crippen MR) is 138 cm³/mol. The van der Waals surface area contributed by atoms with E-state index in [1.165, 1.54) is 11.5 Å². The van der Waals surface area contributed by atoms with Gasteiger partial charge in [-0.15, -0.1) is 0 Å². The number of anilines is 2. The second-order valence-corrected chi connectivity index (χ2v) is 9.51. The number of nitrogens with one attached hydrogen (secondary N) is 1. The van der Waals surface area contributed by atoms with E-state index in [0.29, 0.717) is 35.1 Å². The van der Waals surface area contributed by atoms with Crippen molar-refractivity contribution in [1.82, 2.24) is 9.27 Å². The van der Waals surface area contributed by atoms with Crippen molar-refractivity contribution in [2.24, 2.45) is 0 Å². The van der Waals surface area contributed by atoms with Crippen LogP contribution in [-0.4, -0.2) is 47.3 Å². The normalized spacial score (nSPS) is 13.8. The zero-order valence-electron chi connectivity index (χ0n) is 18.6. The summed E-state index contributed by atoms with van der Waals surface area (Å²) in [7, 11) is 0. The van der Waals surface area contributed by atoms with E-state index in [1.807, 2.05) is 72.5 Å². The Morgan fingerprint density at radius 3 is 2.47 bits per heavy atom. The molecule has 0 saturated carbocycles. The van der Waals surface area contributed by atoms with Gasteiger partial charge in [0.15, 0.2) is 0 Å². The molecule has 0 spiro atoms. The third-order valence-electron chi connectivity index (χ3n) is 6.08. The Hall–Kier alpha value is -3.42. The van der Waals surface area contributed by atoms with Crippen LogP contribution in [0.3, 0.4) is 0 Å². The number of aromatic nitrogens is 1. The van der Waals surface area contributed by atoms with E-state index in [4.69, 9.17) is 11.6 Å². The summed E-state index contributed by atoms with van der Waals surface area (Å²) in [6.45, 7) is 4.66. The summed E-state index contributed by atoms with van der Waals surface area (Å²) in [5.74, 6) is -0.313. The molecule has 6 nitrogen and oxygen atoms in total. The molecule has 1 saturated heterocycles. The summed E-state index contributed by atoms with van der Waals surface area (Å²) in [5, 5.41) is 4.49. The van der Waals surface area contributed by atoms with Gasteiger partial charge < -0.3 is 15.1 Å². The van der Waals surface area contributed by atoms with Gasteiger partial charge in [-0.3, -0.25) is 9.59 Å². The lowest BCUT2D eigenvalue weighted by molar-refractivity contribution is 0.0746. The van der Waals surface area contributed by atoms with Crippen LogP contribution < -0.4 is 10.2 Å². The highest BCUT2D eigenvalue weighted by molar-refractivity contribution is 7.13. The number of fused-ring (bicyclic) bond motifs is 1. The SMILES string of the molecule is Cc1ccc(C(=O)N2CCN(c3ccc(Cl)cc3)CC2)cc1NC(=O)c1nsc2ccccc12. The second kappa shape index (κ2) is 9.44. The van der Waals surface area contributed by atoms with E-state index >= 15 is 0 Å². The van der Waals surface area contributed by atoms with Crippen molar-refractivity contribution in [2.45, 2.75) is 6.92 Å². The Morgan fingerprint density at radius 1 is 0.971 bits per heavy atom. The Labute approximate surface area is 206 Å². The van der Waals surface area contributed by atoms with Crippen molar-refractivity contribution in [1.29, 1.82) is 0 Å². The van der Waals surface area contributed by atoms with Gasteiger partial charge in [0.05, 0.1) is 4.70 Å². The van der Waals surface area contributed by atoms with Crippen LogP contribution in [0, 0.1) is 6.92 Å². The van der Waals surface area contributed by atoms with E-state index in [2.05, 4.69) is 14.6 Å². The molecular formula is C26H23ClN4O2S. The van der Waals surface area contributed by atoms with Crippen molar-refractivity contribution in [3.63, 3.8) is 0 Å². The Bertz CT molecular complexity index is 1360. The molecular weight excluding hydrogens is 468 g/mol. The van der Waals surface area contributed by atoms with Crippen LogP contribution in [0.2, 0.25) is 5.02 Å². The van der Waals surface area contributed by atoms with Gasteiger partial charge in [0, 0.05) is 53.5 Å². The third-order valence-corrected chi connectivity index (χ3v) is 7.16. The number of nitrogens with zero attached hydrogens (tertiary/aromatic N) is 3. The molecule has 1 N–H and O–H groups in total. The number of halogens is 1. The van der Waals surface area contributed by atoms with Crippen molar-refractivity contribution in [2.75, 3.05) is 36.4 Å². The van der Waals surface area contributed by atoms with Crippen LogP contribution in [0.15, 0.2) is 66.7 Å². The molecule has 34 heavy (non-hydrogen) atoms. The Kier molecular flexibility index (Phi) is 6.22. The van der Waals surface area contributed by atoms with E-state index in [-0.39, 0.29) is 11.8 Å². The van der Waals surface area contributed by atoms with Crippen LogP contribution in [-0.2, 0) is 0 Å². The van der Waals surface area contributed by atoms with Crippen molar-refractivity contribution >= 4 is 56.4 Å². The molecule has 3 aromatic carbocycles. The smallest absolute Gasteiger partial charge is 0.276 e. The third kappa shape index (κ3) is 4.49. The molecule has 4 aromatic rings. The lowest BCUT2D eigenvalue weighted by Gasteiger charge is -2.36. The van der Waals surface area contributed by atoms with Gasteiger partial charge in [0.2, 0.25) is 0 Å². The number of aryl methyl sites for hydroxylation is 1. The van der Waals surface area contributed by atoms with E-state index in [9.17, 15) is 9.59 Å². The van der Waals surface area contributed by atoms with Gasteiger partial charge in [0.1, 0.15) is 5.69 Å². The summed E-state index contributed by atoms with van der Waals surface area (Å²) in [6.07, 6.45) is 0. The van der Waals surface area contributed by atoms with Crippen molar-refractivity contribution in [3.8, 4) is 0 Å². The van der Waals surface area contributed by atoms with E-state index in [0.717, 1.165) is 34.4 Å². The minimum absolute atomic E-state index is 0.0367. The molecule has 0 radical (unpaired) electrons. The number of carbonyl (C=O) groups excluding carboxylic acids is 2. The monoisotopic (exact) mass is 490 g/mol. The summed E-state index contributed by atoms with van der Waals surface area (Å²) in [5.41, 5.74) is 3.56. The number of carbonyl (C=O) groups is 2. The molecule has 8 heteroatoms. The minimum atomic E-state index is -0.276. The molecule has 0 bridgehead atoms. The maximum Gasteiger partial charge on any atom is 0.276 e. The average Bonchev–Trinajstić information content (AvgIpc) is 3.30. The second-order valence-electron chi connectivity index (χ2n) is 8.27. The fourth-order valence-electron chi connectivity index (χ4n) is 4.12. The first-order valence-electron chi connectivity index (χ1n) is 11.1. The highest BCUT2D eigenvalue weighted by Gasteiger charge is 2.23. The largest absolute Gasteiger partial charge is 0.368 e. The zero-order chi connectivity index (χ0) is 23.7. The van der Waals surface area contributed by atoms with Crippen LogP contribution >= 0.6 is 23.1 Å². The van der Waals surface area contributed by atoms with Crippen LogP contribution in [0.4, 0.5) is 11.4 Å². The average molecular weight is 491 g/mol. The van der Waals surface area contributed by atoms with Gasteiger partial charge >= 0.3 is 0 Å². The first-order chi connectivity index (χ1) is 16.5. The van der Waals surface area contributed by atoms with Gasteiger partial charge in [-0.25, -0.2) is 0 Å². The van der Waals surface area contributed by atoms with Gasteiger partial charge in [-0.1, -0.05) is 35.9 Å². The summed E-state index contributed by atoms with van der Waals surface area (Å²) < 4.78 is 5.30. The lowest BCUT2D eigenvalue weighted by Crippen LogP contribution is -2.48. The predicted octanol–water partition coefficient (Wildman–Crippen LogP) is 5.47. The molecule has 0 aliphatic carbocycles. The van der Waals surface area contributed by atoms with Crippen molar-refractivity contribution < 1.29 is 9.59 Å². The summed E-state index contributed by atoms with van der Waals surface area (Å²) in [6, 6.07) is 20.9. The molecule has 2 heterocycles. The highest BCUT2D eigenvalue weighted by Crippen LogP contribution is 2.25. The fourth-order valence-corrected chi connectivity index (χ4v) is 5.02. The Morgan fingerprint density at radius 2 is 1.71 bits per heavy atom. The molecule has 0 unspecified atom stereocenters. The lowest BCUT2D eigenvalue weighted by atomic mass is 10.1. The first-order valence-corrected chi connectivity index (χ1v) is 12.2. The standard InChI is InChI=1S/C26H23ClN4O2S/c1-17-6-7-18(16-22(17)28-25(32)24-21-4-2-3-5-23(21)34-29-24)26(33)31-14-12-30(13-15-31)20-10-8-19(27)9-11-20/h2-11,16H,12-15H2,1H3,(H,28,32). The summed E-state index contributed by atoms with van der Waals surface area (Å²) >= 11 is 7.29. The quantitative estimate of drug-likeness (QED) is 0.412. The molecule has 1 aliphatic rings. The van der Waals surface area contributed by atoms with Crippen LogP contribution in [0.1, 0.15) is 26.4 Å². The number of amides is 2. The molecule has 1 fully saturated rings. The van der Waals surface area contributed by atoms with Gasteiger partial charge in [-0.2, -0.15) is 4.37 Å². The summed E-state index contributed by atoms with van der Waals surface area (Å²) in [4.78, 5) is 30.3. The molecule has 0 atom stereocenters. The van der Waals surface area contributed by atoms with E-state index in [1.54, 1.807) is 6.07 Å². The van der Waals surface area contributed by atoms with Crippen molar-refractivity contribution in [3.05, 3.63) is 88.6 Å². The van der Waals surface area contributed by atoms with Crippen LogP contribution in [0.5, 0.6) is 0 Å². The maximum atomic E-state index is 13.2. The molecule has 1 aliphatic heterocycles. The minimum Gasteiger partial charge on any atom is -0.368 e. The molecule has 172 valence electrons. The number of hydrogen-bond acceptors (Lipinski definition) is 5. The first kappa shape index (κ1) is 22.4. The van der Waals surface area contributed by atoms with Crippen LogP contribution in [0.25, 0.3) is 10.1 Å². The topological polar surface area (TPSA) is 65.5 Å². The van der Waals surface area contributed by atoms with Gasteiger partial charge in [-0.05, 0) is 66.5 Å². The Balaban J connectivity index is 1.28. The molecule has 1 aromatic heterocycles. The highest BCUT2D eigenvalue weighted by atomic mass is 35.5. The number of benzene rings is 3. The maximum absolute atomic E-state index is 13.2. The molecule has 2 amide bonds. The number of rotatable bonds is 4. The van der Waals surface area contributed by atoms with E-state index < -0.39 is 0 Å². The van der Waals surface area contributed by atoms with Gasteiger partial charge in [0.25, 0.3) is 11.8 Å². The number of hydrogen-bond donors (Lipinski definition) is 1.